The minimum absolute atomic E-state index is 0.692. The van der Waals surface area contributed by atoms with Crippen molar-refractivity contribution >= 4 is 5.69 Å². The van der Waals surface area contributed by atoms with Gasteiger partial charge in [0.05, 0.1) is 12.3 Å². The van der Waals surface area contributed by atoms with E-state index >= 15 is 0 Å². The Morgan fingerprint density at radius 3 is 2.43 bits per heavy atom. The molecule has 0 bridgehead atoms. The zero-order valence-electron chi connectivity index (χ0n) is 14.0. The summed E-state index contributed by atoms with van der Waals surface area (Å²) >= 11 is 0. The zero-order valence-corrected chi connectivity index (χ0v) is 14.0. The first kappa shape index (κ1) is 17.8. The summed E-state index contributed by atoms with van der Waals surface area (Å²) in [5, 5.41) is 0. The van der Waals surface area contributed by atoms with Gasteiger partial charge in [-0.2, -0.15) is 0 Å². The average molecular weight is 293 g/mol. The highest BCUT2D eigenvalue weighted by atomic mass is 16.5. The number of para-hydroxylation sites is 2. The van der Waals surface area contributed by atoms with Crippen molar-refractivity contribution in [1.82, 2.24) is 9.80 Å². The maximum absolute atomic E-state index is 5.87. The first-order valence-electron chi connectivity index (χ1n) is 7.83. The number of nitrogens with zero attached hydrogens (tertiary/aromatic N) is 2. The number of ether oxygens (including phenoxy) is 1. The summed E-state index contributed by atoms with van der Waals surface area (Å²) in [4.78, 5) is 4.75. The van der Waals surface area contributed by atoms with Crippen molar-refractivity contribution in [2.24, 2.45) is 5.92 Å². The number of benzene rings is 1. The van der Waals surface area contributed by atoms with Gasteiger partial charge in [0.15, 0.2) is 0 Å². The summed E-state index contributed by atoms with van der Waals surface area (Å²) < 4.78 is 5.76. The molecule has 0 heterocycles. The van der Waals surface area contributed by atoms with Gasteiger partial charge in [-0.05, 0) is 38.6 Å². The summed E-state index contributed by atoms with van der Waals surface area (Å²) in [6.45, 7) is 9.66. The molecule has 2 N–H and O–H groups in total. The molecule has 0 radical (unpaired) electrons. The maximum atomic E-state index is 5.87. The lowest BCUT2D eigenvalue weighted by atomic mass is 10.2. The summed E-state index contributed by atoms with van der Waals surface area (Å²) in [7, 11) is 4.24. The summed E-state index contributed by atoms with van der Waals surface area (Å²) in [6.07, 6.45) is 1.02. The molecule has 21 heavy (non-hydrogen) atoms. The molecule has 1 aromatic rings. The average Bonchev–Trinajstić information content (AvgIpc) is 2.41. The van der Waals surface area contributed by atoms with Crippen LogP contribution in [0.4, 0.5) is 5.69 Å². The van der Waals surface area contributed by atoms with Crippen molar-refractivity contribution in [3.8, 4) is 5.75 Å². The van der Waals surface area contributed by atoms with Crippen molar-refractivity contribution in [3.63, 3.8) is 0 Å². The molecule has 1 aromatic carbocycles. The third kappa shape index (κ3) is 7.93. The van der Waals surface area contributed by atoms with Crippen molar-refractivity contribution < 1.29 is 4.74 Å². The minimum Gasteiger partial charge on any atom is -0.491 e. The zero-order chi connectivity index (χ0) is 15.7. The molecule has 0 aliphatic heterocycles. The molecule has 0 aliphatic rings. The summed E-state index contributed by atoms with van der Waals surface area (Å²) in [6, 6.07) is 7.67. The molecular weight excluding hydrogens is 262 g/mol. The number of hydrogen-bond acceptors (Lipinski definition) is 4. The van der Waals surface area contributed by atoms with E-state index in [-0.39, 0.29) is 0 Å². The summed E-state index contributed by atoms with van der Waals surface area (Å²) in [5.74, 6) is 1.49. The smallest absolute Gasteiger partial charge is 0.142 e. The van der Waals surface area contributed by atoms with Crippen LogP contribution in [0.3, 0.4) is 0 Å². The Kier molecular flexibility index (Phi) is 8.16. The third-order valence-corrected chi connectivity index (χ3v) is 3.28. The Morgan fingerprint density at radius 2 is 1.81 bits per heavy atom. The SMILES string of the molecule is CC(C)CN(CCCOc1ccccc1N)CCN(C)C. The Morgan fingerprint density at radius 1 is 1.10 bits per heavy atom. The first-order chi connectivity index (χ1) is 9.99. The van der Waals surface area contributed by atoms with E-state index in [1.54, 1.807) is 0 Å². The second kappa shape index (κ2) is 9.64. The van der Waals surface area contributed by atoms with Crippen LogP contribution in [-0.2, 0) is 0 Å². The lowest BCUT2D eigenvalue weighted by Crippen LogP contribution is -2.35. The fourth-order valence-corrected chi connectivity index (χ4v) is 2.23. The molecule has 0 aromatic heterocycles. The van der Waals surface area contributed by atoms with E-state index < -0.39 is 0 Å². The Labute approximate surface area is 129 Å². The van der Waals surface area contributed by atoms with Crippen molar-refractivity contribution in [3.05, 3.63) is 24.3 Å². The molecule has 120 valence electrons. The molecule has 0 amide bonds. The molecule has 0 spiro atoms. The van der Waals surface area contributed by atoms with Crippen molar-refractivity contribution in [2.75, 3.05) is 52.6 Å². The second-order valence-corrected chi connectivity index (χ2v) is 6.24. The molecule has 0 saturated heterocycles. The lowest BCUT2D eigenvalue weighted by Gasteiger charge is -2.25. The molecule has 0 fully saturated rings. The van der Waals surface area contributed by atoms with Crippen molar-refractivity contribution in [1.29, 1.82) is 0 Å². The van der Waals surface area contributed by atoms with Gasteiger partial charge in [0.2, 0.25) is 0 Å². The normalized spacial score (nSPS) is 11.6. The maximum Gasteiger partial charge on any atom is 0.142 e. The van der Waals surface area contributed by atoms with E-state index in [4.69, 9.17) is 10.5 Å². The van der Waals surface area contributed by atoms with Gasteiger partial charge in [0.25, 0.3) is 0 Å². The van der Waals surface area contributed by atoms with Gasteiger partial charge in [0, 0.05) is 26.2 Å². The standard InChI is InChI=1S/C17H31N3O/c1-15(2)14-20(12-11-19(3)4)10-7-13-21-17-9-6-5-8-16(17)18/h5-6,8-9,15H,7,10-14,18H2,1-4H3. The fraction of sp³-hybridized carbons (Fsp3) is 0.647. The highest BCUT2D eigenvalue weighted by Gasteiger charge is 2.08. The van der Waals surface area contributed by atoms with Gasteiger partial charge in [-0.1, -0.05) is 26.0 Å². The molecular formula is C17H31N3O. The van der Waals surface area contributed by atoms with E-state index in [0.717, 1.165) is 38.3 Å². The fourth-order valence-electron chi connectivity index (χ4n) is 2.23. The van der Waals surface area contributed by atoms with Crippen LogP contribution in [0.2, 0.25) is 0 Å². The number of hydrogen-bond donors (Lipinski definition) is 1. The molecule has 0 unspecified atom stereocenters. The van der Waals surface area contributed by atoms with Crippen LogP contribution in [0.1, 0.15) is 20.3 Å². The van der Waals surface area contributed by atoms with Gasteiger partial charge in [0.1, 0.15) is 5.75 Å². The predicted molar refractivity (Wildman–Crippen MR) is 90.8 cm³/mol. The molecule has 0 saturated carbocycles. The number of likely N-dealkylation sites (N-methyl/N-ethyl adjacent to an activating group) is 1. The van der Waals surface area contributed by atoms with Crippen molar-refractivity contribution in [2.45, 2.75) is 20.3 Å². The number of nitrogens with two attached hydrogens (primary N) is 1. The minimum atomic E-state index is 0.692. The first-order valence-corrected chi connectivity index (χ1v) is 7.83. The van der Waals surface area contributed by atoms with Gasteiger partial charge in [-0.15, -0.1) is 0 Å². The molecule has 4 nitrogen and oxygen atoms in total. The molecule has 0 atom stereocenters. The van der Waals surface area contributed by atoms with E-state index in [9.17, 15) is 0 Å². The number of nitrogen functional groups attached to an aromatic ring is 1. The number of rotatable bonds is 10. The van der Waals surface area contributed by atoms with Crippen LogP contribution in [-0.4, -0.2) is 56.7 Å². The second-order valence-electron chi connectivity index (χ2n) is 6.24. The molecule has 0 aliphatic carbocycles. The Hall–Kier alpha value is -1.26. The number of anilines is 1. The van der Waals surface area contributed by atoms with Gasteiger partial charge in [-0.3, -0.25) is 0 Å². The predicted octanol–water partition coefficient (Wildman–Crippen LogP) is 2.56. The molecule has 4 heteroatoms. The van der Waals surface area contributed by atoms with E-state index in [1.165, 1.54) is 0 Å². The van der Waals surface area contributed by atoms with E-state index in [2.05, 4.69) is 37.7 Å². The molecule has 1 rings (SSSR count). The largest absolute Gasteiger partial charge is 0.491 e. The van der Waals surface area contributed by atoms with Crippen LogP contribution in [0.5, 0.6) is 5.75 Å². The van der Waals surface area contributed by atoms with Crippen LogP contribution >= 0.6 is 0 Å². The van der Waals surface area contributed by atoms with Crippen LogP contribution in [0, 0.1) is 5.92 Å². The highest BCUT2D eigenvalue weighted by Crippen LogP contribution is 2.19. The summed E-state index contributed by atoms with van der Waals surface area (Å²) in [5.41, 5.74) is 6.58. The lowest BCUT2D eigenvalue weighted by molar-refractivity contribution is 0.199. The third-order valence-electron chi connectivity index (χ3n) is 3.28. The van der Waals surface area contributed by atoms with Gasteiger partial charge < -0.3 is 20.3 Å². The van der Waals surface area contributed by atoms with Crippen LogP contribution in [0.15, 0.2) is 24.3 Å². The van der Waals surface area contributed by atoms with Crippen LogP contribution < -0.4 is 10.5 Å². The topological polar surface area (TPSA) is 41.7 Å². The monoisotopic (exact) mass is 293 g/mol. The quantitative estimate of drug-likeness (QED) is 0.532. The highest BCUT2D eigenvalue weighted by molar-refractivity contribution is 5.51. The van der Waals surface area contributed by atoms with E-state index in [0.29, 0.717) is 18.2 Å². The Balaban J connectivity index is 2.30. The van der Waals surface area contributed by atoms with Gasteiger partial charge in [-0.25, -0.2) is 0 Å². The van der Waals surface area contributed by atoms with Gasteiger partial charge >= 0.3 is 0 Å². The van der Waals surface area contributed by atoms with E-state index in [1.807, 2.05) is 24.3 Å². The Bertz CT molecular complexity index is 393. The van der Waals surface area contributed by atoms with Crippen LogP contribution in [0.25, 0.3) is 0 Å².